The van der Waals surface area contributed by atoms with Crippen molar-refractivity contribution < 1.29 is 4.74 Å². The van der Waals surface area contributed by atoms with Crippen LogP contribution >= 0.6 is 0 Å². The second-order valence-corrected chi connectivity index (χ2v) is 6.54. The number of hydrogen-bond donors (Lipinski definition) is 1. The van der Waals surface area contributed by atoms with E-state index < -0.39 is 0 Å². The Morgan fingerprint density at radius 2 is 1.85 bits per heavy atom. The summed E-state index contributed by atoms with van der Waals surface area (Å²) in [6.07, 6.45) is 3.76. The monoisotopic (exact) mass is 283 g/mol. The van der Waals surface area contributed by atoms with Crippen LogP contribution in [0.4, 0.5) is 0 Å². The molecule has 4 heteroatoms. The molecule has 2 rings (SSSR count). The van der Waals surface area contributed by atoms with Gasteiger partial charge in [0.2, 0.25) is 0 Å². The van der Waals surface area contributed by atoms with Crippen LogP contribution < -0.4 is 5.32 Å². The van der Waals surface area contributed by atoms with Gasteiger partial charge in [0.05, 0.1) is 6.61 Å². The van der Waals surface area contributed by atoms with Crippen LogP contribution in [0.3, 0.4) is 0 Å². The Hall–Kier alpha value is -0.160. The summed E-state index contributed by atoms with van der Waals surface area (Å²) in [5.41, 5.74) is 0.349. The number of piperazine rings is 1. The summed E-state index contributed by atoms with van der Waals surface area (Å²) in [7, 11) is 0. The van der Waals surface area contributed by atoms with Gasteiger partial charge in [-0.3, -0.25) is 0 Å². The zero-order chi connectivity index (χ0) is 14.3. The summed E-state index contributed by atoms with van der Waals surface area (Å²) in [5.74, 6) is 0. The first-order chi connectivity index (χ1) is 9.78. The molecule has 1 atom stereocenters. The van der Waals surface area contributed by atoms with Crippen molar-refractivity contribution in [3.8, 4) is 0 Å². The van der Waals surface area contributed by atoms with Gasteiger partial charge in [0, 0.05) is 51.3 Å². The van der Waals surface area contributed by atoms with E-state index in [2.05, 4.69) is 29.0 Å². The molecule has 0 radical (unpaired) electrons. The van der Waals surface area contributed by atoms with E-state index in [4.69, 9.17) is 4.74 Å². The summed E-state index contributed by atoms with van der Waals surface area (Å²) in [5, 5.41) is 3.64. The molecule has 4 nitrogen and oxygen atoms in total. The van der Waals surface area contributed by atoms with E-state index in [9.17, 15) is 0 Å². The van der Waals surface area contributed by atoms with Crippen LogP contribution in [-0.4, -0.2) is 75.4 Å². The summed E-state index contributed by atoms with van der Waals surface area (Å²) in [4.78, 5) is 5.21. The van der Waals surface area contributed by atoms with Gasteiger partial charge in [0.25, 0.3) is 0 Å². The fourth-order valence-corrected chi connectivity index (χ4v) is 3.50. The highest BCUT2D eigenvalue weighted by Gasteiger charge is 2.35. The molecule has 0 aromatic carbocycles. The van der Waals surface area contributed by atoms with Crippen molar-refractivity contribution in [3.63, 3.8) is 0 Å². The third kappa shape index (κ3) is 4.69. The van der Waals surface area contributed by atoms with Gasteiger partial charge >= 0.3 is 0 Å². The minimum absolute atomic E-state index is 0.349. The Bertz CT molecular complexity index is 258. The highest BCUT2D eigenvalue weighted by Crippen LogP contribution is 2.29. The smallest absolute Gasteiger partial charge is 0.0546 e. The fourth-order valence-electron chi connectivity index (χ4n) is 3.50. The first kappa shape index (κ1) is 16.2. The molecule has 0 spiro atoms. The SMILES string of the molecule is CCCNCC1(CN2CCN(CC)CC2)CCCOC1. The van der Waals surface area contributed by atoms with E-state index in [1.165, 1.54) is 58.5 Å². The second kappa shape index (κ2) is 8.32. The zero-order valence-electron chi connectivity index (χ0n) is 13.5. The molecule has 0 bridgehead atoms. The molecular formula is C16H33N3O. The quantitative estimate of drug-likeness (QED) is 0.715. The van der Waals surface area contributed by atoms with Gasteiger partial charge in [0.15, 0.2) is 0 Å². The molecule has 0 saturated carbocycles. The molecule has 0 aromatic heterocycles. The number of ether oxygens (including phenoxy) is 1. The van der Waals surface area contributed by atoms with E-state index in [-0.39, 0.29) is 0 Å². The molecule has 1 unspecified atom stereocenters. The number of hydrogen-bond acceptors (Lipinski definition) is 4. The summed E-state index contributed by atoms with van der Waals surface area (Å²) < 4.78 is 5.82. The summed E-state index contributed by atoms with van der Waals surface area (Å²) in [6, 6.07) is 0. The molecule has 0 amide bonds. The summed E-state index contributed by atoms with van der Waals surface area (Å²) in [6.45, 7) is 16.0. The number of nitrogens with zero attached hydrogens (tertiary/aromatic N) is 2. The molecule has 2 saturated heterocycles. The van der Waals surface area contributed by atoms with Gasteiger partial charge in [-0.05, 0) is 32.4 Å². The molecule has 2 heterocycles. The Balaban J connectivity index is 1.83. The van der Waals surface area contributed by atoms with E-state index in [0.29, 0.717) is 5.41 Å². The van der Waals surface area contributed by atoms with Crippen LogP contribution in [0.1, 0.15) is 33.1 Å². The van der Waals surface area contributed by atoms with E-state index in [0.717, 1.165) is 26.3 Å². The Kier molecular flexibility index (Phi) is 6.75. The summed E-state index contributed by atoms with van der Waals surface area (Å²) >= 11 is 0. The maximum Gasteiger partial charge on any atom is 0.0546 e. The Morgan fingerprint density at radius 1 is 1.10 bits per heavy atom. The maximum atomic E-state index is 5.82. The molecular weight excluding hydrogens is 250 g/mol. The van der Waals surface area contributed by atoms with Crippen LogP contribution in [0.15, 0.2) is 0 Å². The lowest BCUT2D eigenvalue weighted by atomic mass is 9.81. The van der Waals surface area contributed by atoms with E-state index >= 15 is 0 Å². The maximum absolute atomic E-state index is 5.82. The van der Waals surface area contributed by atoms with E-state index in [1.54, 1.807) is 0 Å². The molecule has 20 heavy (non-hydrogen) atoms. The minimum Gasteiger partial charge on any atom is -0.381 e. The van der Waals surface area contributed by atoms with Gasteiger partial charge in [-0.2, -0.15) is 0 Å². The standard InChI is InChI=1S/C16H33N3O/c1-3-7-17-13-16(6-5-12-20-15-16)14-19-10-8-18(4-2)9-11-19/h17H,3-15H2,1-2H3. The van der Waals surface area contributed by atoms with Gasteiger partial charge < -0.3 is 19.9 Å². The lowest BCUT2D eigenvalue weighted by Crippen LogP contribution is -2.54. The van der Waals surface area contributed by atoms with Crippen molar-refractivity contribution in [1.29, 1.82) is 0 Å². The molecule has 2 fully saturated rings. The largest absolute Gasteiger partial charge is 0.381 e. The number of likely N-dealkylation sites (N-methyl/N-ethyl adjacent to an activating group) is 1. The predicted octanol–water partition coefficient (Wildman–Crippen LogP) is 1.42. The van der Waals surface area contributed by atoms with Crippen LogP contribution in [0.25, 0.3) is 0 Å². The van der Waals surface area contributed by atoms with E-state index in [1.807, 2.05) is 0 Å². The third-order valence-corrected chi connectivity index (χ3v) is 4.80. The zero-order valence-corrected chi connectivity index (χ0v) is 13.5. The Morgan fingerprint density at radius 3 is 2.45 bits per heavy atom. The van der Waals surface area contributed by atoms with Crippen molar-refractivity contribution in [3.05, 3.63) is 0 Å². The van der Waals surface area contributed by atoms with Crippen molar-refractivity contribution in [2.45, 2.75) is 33.1 Å². The molecule has 0 aliphatic carbocycles. The fraction of sp³-hybridized carbons (Fsp3) is 1.00. The lowest BCUT2D eigenvalue weighted by Gasteiger charge is -2.43. The normalized spacial score (nSPS) is 29.7. The van der Waals surface area contributed by atoms with Gasteiger partial charge in [-0.1, -0.05) is 13.8 Å². The lowest BCUT2D eigenvalue weighted by molar-refractivity contribution is -0.0325. The average Bonchev–Trinajstić information content (AvgIpc) is 2.49. The highest BCUT2D eigenvalue weighted by molar-refractivity contribution is 4.88. The minimum atomic E-state index is 0.349. The first-order valence-electron chi connectivity index (χ1n) is 8.51. The van der Waals surface area contributed by atoms with Crippen molar-refractivity contribution in [1.82, 2.24) is 15.1 Å². The van der Waals surface area contributed by atoms with Crippen molar-refractivity contribution in [2.75, 3.05) is 65.6 Å². The predicted molar refractivity (Wildman–Crippen MR) is 84.2 cm³/mol. The number of rotatable bonds is 7. The van der Waals surface area contributed by atoms with Gasteiger partial charge in [-0.15, -0.1) is 0 Å². The molecule has 0 aromatic rings. The Labute approximate surface area is 124 Å². The highest BCUT2D eigenvalue weighted by atomic mass is 16.5. The van der Waals surface area contributed by atoms with Crippen LogP contribution in [0.5, 0.6) is 0 Å². The first-order valence-corrected chi connectivity index (χ1v) is 8.51. The molecule has 1 N–H and O–H groups in total. The average molecular weight is 283 g/mol. The third-order valence-electron chi connectivity index (χ3n) is 4.80. The molecule has 2 aliphatic heterocycles. The van der Waals surface area contributed by atoms with Crippen molar-refractivity contribution in [2.24, 2.45) is 5.41 Å². The van der Waals surface area contributed by atoms with Crippen molar-refractivity contribution >= 4 is 0 Å². The van der Waals surface area contributed by atoms with Gasteiger partial charge in [-0.25, -0.2) is 0 Å². The second-order valence-electron chi connectivity index (χ2n) is 6.54. The number of nitrogens with one attached hydrogen (secondary N) is 1. The van der Waals surface area contributed by atoms with Gasteiger partial charge in [0.1, 0.15) is 0 Å². The molecule has 118 valence electrons. The van der Waals surface area contributed by atoms with Crippen LogP contribution in [0.2, 0.25) is 0 Å². The van der Waals surface area contributed by atoms with Crippen LogP contribution in [0, 0.1) is 5.41 Å². The van der Waals surface area contributed by atoms with Crippen LogP contribution in [-0.2, 0) is 4.74 Å². The molecule has 2 aliphatic rings. The topological polar surface area (TPSA) is 27.7 Å².